The molecule has 0 saturated heterocycles. The van der Waals surface area contributed by atoms with E-state index in [0.717, 1.165) is 55.7 Å². The van der Waals surface area contributed by atoms with Crippen LogP contribution in [0, 0.1) is 0 Å². The molecule has 0 atom stereocenters. The SMILES string of the molecule is CC1(C)c2ccccc2-c2ccc(-c3c4ccccc4cc4c3oc3ccc(N(c5ccc6c(c5)C(c5ccccc5)(c5ccccc5)c5ccccc5-6)c5ccccc5-c5ccccc5)cc34)cc21. The zero-order chi connectivity index (χ0) is 46.6. The fraction of sp³-hybridized carbons (Fsp3) is 0.0588. The molecule has 0 unspecified atom stereocenters. The monoisotopic (exact) mass is 893 g/mol. The summed E-state index contributed by atoms with van der Waals surface area (Å²) in [5, 5.41) is 4.54. The van der Waals surface area contributed by atoms with Crippen molar-refractivity contribution in [1.29, 1.82) is 0 Å². The topological polar surface area (TPSA) is 16.4 Å². The van der Waals surface area contributed by atoms with Crippen LogP contribution < -0.4 is 4.90 Å². The Bertz CT molecular complexity index is 3990. The lowest BCUT2D eigenvalue weighted by molar-refractivity contribution is 0.660. The van der Waals surface area contributed by atoms with Gasteiger partial charge in [-0.3, -0.25) is 0 Å². The summed E-state index contributed by atoms with van der Waals surface area (Å²) >= 11 is 0. The summed E-state index contributed by atoms with van der Waals surface area (Å²) in [6.07, 6.45) is 0. The molecule has 0 aliphatic heterocycles. The highest BCUT2D eigenvalue weighted by molar-refractivity contribution is 6.19. The molecule has 11 aromatic carbocycles. The first kappa shape index (κ1) is 40.4. The lowest BCUT2D eigenvalue weighted by atomic mass is 9.67. The Morgan fingerprint density at radius 2 is 0.914 bits per heavy atom. The Morgan fingerprint density at radius 1 is 0.357 bits per heavy atom. The first-order chi connectivity index (χ1) is 34.5. The number of furan rings is 1. The number of hydrogen-bond acceptors (Lipinski definition) is 2. The second kappa shape index (κ2) is 15.4. The number of anilines is 3. The molecule has 0 amide bonds. The maximum Gasteiger partial charge on any atom is 0.143 e. The van der Waals surface area contributed by atoms with E-state index in [-0.39, 0.29) is 5.41 Å². The van der Waals surface area contributed by atoms with Crippen LogP contribution in [0.15, 0.2) is 253 Å². The third kappa shape index (κ3) is 5.80. The van der Waals surface area contributed by atoms with Crippen LogP contribution in [0.4, 0.5) is 17.1 Å². The Hall–Kier alpha value is -8.72. The molecule has 2 nitrogen and oxygen atoms in total. The predicted octanol–water partition coefficient (Wildman–Crippen LogP) is 18.2. The van der Waals surface area contributed by atoms with Gasteiger partial charge in [0.05, 0.1) is 11.1 Å². The summed E-state index contributed by atoms with van der Waals surface area (Å²) in [7, 11) is 0. The van der Waals surface area contributed by atoms with E-state index in [0.29, 0.717) is 0 Å². The zero-order valence-electron chi connectivity index (χ0n) is 39.0. The molecule has 14 rings (SSSR count). The van der Waals surface area contributed by atoms with Gasteiger partial charge in [-0.2, -0.15) is 0 Å². The minimum absolute atomic E-state index is 0.129. The van der Waals surface area contributed by atoms with Gasteiger partial charge < -0.3 is 9.32 Å². The maximum absolute atomic E-state index is 7.12. The highest BCUT2D eigenvalue weighted by Gasteiger charge is 2.46. The van der Waals surface area contributed by atoms with Crippen molar-refractivity contribution in [2.45, 2.75) is 24.7 Å². The first-order valence-corrected chi connectivity index (χ1v) is 24.4. The first-order valence-electron chi connectivity index (χ1n) is 24.4. The van der Waals surface area contributed by atoms with Crippen LogP contribution in [0.2, 0.25) is 0 Å². The van der Waals surface area contributed by atoms with Crippen LogP contribution in [0.5, 0.6) is 0 Å². The fourth-order valence-corrected chi connectivity index (χ4v) is 12.4. The average Bonchev–Trinajstić information content (AvgIpc) is 4.01. The average molecular weight is 894 g/mol. The molecule has 0 spiro atoms. The van der Waals surface area contributed by atoms with Crippen LogP contribution >= 0.6 is 0 Å². The maximum atomic E-state index is 7.12. The number of fused-ring (bicyclic) bond motifs is 10. The quantitative estimate of drug-likeness (QED) is 0.158. The van der Waals surface area contributed by atoms with Gasteiger partial charge in [0, 0.05) is 38.7 Å². The molecule has 0 bridgehead atoms. The highest BCUT2D eigenvalue weighted by Crippen LogP contribution is 2.58. The van der Waals surface area contributed by atoms with Crippen LogP contribution in [-0.2, 0) is 10.8 Å². The second-order valence-electron chi connectivity index (χ2n) is 19.5. The smallest absolute Gasteiger partial charge is 0.143 e. The number of benzene rings is 11. The number of rotatable bonds is 7. The van der Waals surface area contributed by atoms with Crippen LogP contribution in [0.25, 0.3) is 77.2 Å². The molecule has 0 N–H and O–H groups in total. The van der Waals surface area contributed by atoms with Gasteiger partial charge in [0.2, 0.25) is 0 Å². The molecule has 2 aliphatic rings. The molecule has 70 heavy (non-hydrogen) atoms. The van der Waals surface area contributed by atoms with Crippen molar-refractivity contribution in [3.05, 3.63) is 282 Å². The lowest BCUT2D eigenvalue weighted by Gasteiger charge is -2.35. The van der Waals surface area contributed by atoms with Gasteiger partial charge in [0.1, 0.15) is 11.2 Å². The van der Waals surface area contributed by atoms with Crippen molar-refractivity contribution >= 4 is 49.8 Å². The third-order valence-electron chi connectivity index (χ3n) is 15.5. The van der Waals surface area contributed by atoms with Gasteiger partial charge in [-0.15, -0.1) is 0 Å². The molecule has 1 aromatic heterocycles. The van der Waals surface area contributed by atoms with E-state index in [1.54, 1.807) is 0 Å². The number of nitrogens with zero attached hydrogens (tertiary/aromatic N) is 1. The van der Waals surface area contributed by atoms with Gasteiger partial charge in [-0.1, -0.05) is 214 Å². The Labute approximate surface area is 408 Å². The lowest BCUT2D eigenvalue weighted by Crippen LogP contribution is -2.28. The summed E-state index contributed by atoms with van der Waals surface area (Å²) in [6.45, 7) is 4.71. The van der Waals surface area contributed by atoms with Crippen molar-refractivity contribution in [2.24, 2.45) is 0 Å². The summed E-state index contributed by atoms with van der Waals surface area (Å²) < 4.78 is 7.12. The van der Waals surface area contributed by atoms with Crippen molar-refractivity contribution in [3.8, 4) is 44.5 Å². The Morgan fingerprint density at radius 3 is 1.67 bits per heavy atom. The van der Waals surface area contributed by atoms with Gasteiger partial charge in [-0.25, -0.2) is 0 Å². The van der Waals surface area contributed by atoms with E-state index in [2.05, 4.69) is 267 Å². The molecule has 2 heteroatoms. The summed E-state index contributed by atoms with van der Waals surface area (Å²) in [4.78, 5) is 2.47. The molecular weight excluding hydrogens is 847 g/mol. The molecular formula is C68H47NO. The largest absolute Gasteiger partial charge is 0.455 e. The summed E-state index contributed by atoms with van der Waals surface area (Å²) in [6, 6.07) is 91.7. The minimum atomic E-state index is -0.549. The van der Waals surface area contributed by atoms with Crippen molar-refractivity contribution in [3.63, 3.8) is 0 Å². The molecule has 1 heterocycles. The van der Waals surface area contributed by atoms with Crippen molar-refractivity contribution < 1.29 is 4.42 Å². The normalized spacial score (nSPS) is 13.8. The molecule has 0 radical (unpaired) electrons. The van der Waals surface area contributed by atoms with Crippen LogP contribution in [0.1, 0.15) is 47.2 Å². The predicted molar refractivity (Wildman–Crippen MR) is 292 cm³/mol. The van der Waals surface area contributed by atoms with Gasteiger partial charge in [-0.05, 0) is 126 Å². The third-order valence-corrected chi connectivity index (χ3v) is 15.5. The molecule has 2 aliphatic carbocycles. The summed E-state index contributed by atoms with van der Waals surface area (Å²) in [5.74, 6) is 0. The molecule has 12 aromatic rings. The van der Waals surface area contributed by atoms with E-state index in [9.17, 15) is 0 Å². The number of para-hydroxylation sites is 1. The molecule has 330 valence electrons. The van der Waals surface area contributed by atoms with Gasteiger partial charge in [0.25, 0.3) is 0 Å². The van der Waals surface area contributed by atoms with E-state index < -0.39 is 5.41 Å². The van der Waals surface area contributed by atoms with Crippen LogP contribution in [0.3, 0.4) is 0 Å². The molecule has 0 fully saturated rings. The fourth-order valence-electron chi connectivity index (χ4n) is 12.4. The highest BCUT2D eigenvalue weighted by atomic mass is 16.3. The summed E-state index contributed by atoms with van der Waals surface area (Å²) in [5.41, 5.74) is 21.8. The van der Waals surface area contributed by atoms with E-state index in [1.807, 2.05) is 0 Å². The Kier molecular flexibility index (Phi) is 8.88. The van der Waals surface area contributed by atoms with Gasteiger partial charge >= 0.3 is 0 Å². The minimum Gasteiger partial charge on any atom is -0.455 e. The zero-order valence-corrected chi connectivity index (χ0v) is 39.0. The standard InChI is InChI=1S/C68H47NO/c1-67(2)59-31-17-14-29-53(59)55-37-34-46(41-61(55)67)65-52-28-13-12-22-45(52)40-58-57-42-49(36-39-64(57)70-66(58)65)69(63-33-19-16-27-51(63)44-20-6-3-7-21-44)50-35-38-56-54-30-15-18-32-60(54)68(62(56)43-50,47-23-8-4-9-24-47)48-25-10-5-11-26-48/h3-43H,1-2H3. The second-order valence-corrected chi connectivity index (χ2v) is 19.5. The van der Waals surface area contributed by atoms with E-state index in [4.69, 9.17) is 4.42 Å². The van der Waals surface area contributed by atoms with E-state index >= 15 is 0 Å². The molecule has 0 saturated carbocycles. The van der Waals surface area contributed by atoms with Crippen LogP contribution in [-0.4, -0.2) is 0 Å². The Balaban J connectivity index is 1.02. The van der Waals surface area contributed by atoms with Crippen molar-refractivity contribution in [1.82, 2.24) is 0 Å². The van der Waals surface area contributed by atoms with E-state index in [1.165, 1.54) is 72.0 Å². The van der Waals surface area contributed by atoms with Crippen molar-refractivity contribution in [2.75, 3.05) is 4.90 Å². The number of hydrogen-bond donors (Lipinski definition) is 0. The van der Waals surface area contributed by atoms with Gasteiger partial charge in [0.15, 0.2) is 0 Å².